The third-order valence-electron chi connectivity index (χ3n) is 8.14. The maximum absolute atomic E-state index is 13.0. The van der Waals surface area contributed by atoms with Gasteiger partial charge in [0.15, 0.2) is 0 Å². The molecule has 0 atom stereocenters. The molecular formula is C33H43N3O4. The molecule has 214 valence electrons. The van der Waals surface area contributed by atoms with E-state index in [1.54, 1.807) is 24.5 Å². The Hall–Kier alpha value is -3.35. The van der Waals surface area contributed by atoms with Gasteiger partial charge < -0.3 is 0 Å². The molecule has 0 unspecified atom stereocenters. The molecule has 3 heterocycles. The van der Waals surface area contributed by atoms with Crippen LogP contribution in [0.2, 0.25) is 0 Å². The molecule has 3 aromatic heterocycles. The highest BCUT2D eigenvalue weighted by Crippen LogP contribution is 2.16. The summed E-state index contributed by atoms with van der Waals surface area (Å²) in [5, 5.41) is 0.814. The standard InChI is InChI=1S/C33H43N3O4/c1-2-3-4-5-6-7-8-9-10-11-12-13-14-15-16-21-35-30(37)26-22-28-29(23-27(26)31(35)38)33(40)36(32(28)39)24-25-17-19-34-20-18-25/h17-20,22-23H,2-16,21,24H2,1H3. The van der Waals surface area contributed by atoms with Crippen LogP contribution in [-0.2, 0) is 13.1 Å². The van der Waals surface area contributed by atoms with Crippen molar-refractivity contribution in [3.8, 4) is 0 Å². The highest BCUT2D eigenvalue weighted by Gasteiger charge is 2.19. The van der Waals surface area contributed by atoms with Crippen LogP contribution in [0.25, 0.3) is 21.5 Å². The fraction of sp³-hybridized carbons (Fsp3) is 0.545. The van der Waals surface area contributed by atoms with Gasteiger partial charge in [-0.15, -0.1) is 0 Å². The van der Waals surface area contributed by atoms with Gasteiger partial charge in [-0.1, -0.05) is 96.8 Å². The zero-order chi connectivity index (χ0) is 28.3. The van der Waals surface area contributed by atoms with Crippen LogP contribution < -0.4 is 22.2 Å². The highest BCUT2D eigenvalue weighted by atomic mass is 16.2. The van der Waals surface area contributed by atoms with E-state index in [0.29, 0.717) is 6.54 Å². The second-order valence-corrected chi connectivity index (χ2v) is 11.2. The van der Waals surface area contributed by atoms with Crippen molar-refractivity contribution in [3.05, 3.63) is 83.6 Å². The number of pyridine rings is 1. The van der Waals surface area contributed by atoms with E-state index >= 15 is 0 Å². The molecule has 0 amide bonds. The molecule has 0 bridgehead atoms. The maximum atomic E-state index is 13.0. The summed E-state index contributed by atoms with van der Waals surface area (Å²) in [5.41, 5.74) is -0.859. The summed E-state index contributed by atoms with van der Waals surface area (Å²) in [6.45, 7) is 2.74. The van der Waals surface area contributed by atoms with E-state index in [1.165, 1.54) is 93.7 Å². The molecule has 0 radical (unpaired) electrons. The van der Waals surface area contributed by atoms with E-state index in [4.69, 9.17) is 0 Å². The average molecular weight is 546 g/mol. The molecule has 0 aliphatic rings. The predicted octanol–water partition coefficient (Wildman–Crippen LogP) is 6.23. The lowest BCUT2D eigenvalue weighted by Crippen LogP contribution is -2.26. The molecule has 1 aromatic carbocycles. The molecule has 0 spiro atoms. The van der Waals surface area contributed by atoms with Gasteiger partial charge in [0.05, 0.1) is 28.1 Å². The van der Waals surface area contributed by atoms with E-state index in [-0.39, 0.29) is 39.2 Å². The van der Waals surface area contributed by atoms with Crippen molar-refractivity contribution in [1.29, 1.82) is 0 Å². The smallest absolute Gasteiger partial charge is 0.261 e. The molecule has 7 nitrogen and oxygen atoms in total. The van der Waals surface area contributed by atoms with Gasteiger partial charge in [0, 0.05) is 18.9 Å². The summed E-state index contributed by atoms with van der Waals surface area (Å²) in [6, 6.07) is 6.35. The second-order valence-electron chi connectivity index (χ2n) is 11.2. The van der Waals surface area contributed by atoms with Gasteiger partial charge in [0.2, 0.25) is 0 Å². The van der Waals surface area contributed by atoms with Crippen LogP contribution in [0.5, 0.6) is 0 Å². The summed E-state index contributed by atoms with van der Waals surface area (Å²) in [5.74, 6) is 0. The fourth-order valence-corrected chi connectivity index (χ4v) is 5.73. The van der Waals surface area contributed by atoms with Crippen LogP contribution in [0.1, 0.15) is 109 Å². The number of hydrogen-bond acceptors (Lipinski definition) is 5. The third kappa shape index (κ3) is 7.23. The Morgan fingerprint density at radius 1 is 0.525 bits per heavy atom. The van der Waals surface area contributed by atoms with Crippen LogP contribution in [-0.4, -0.2) is 14.1 Å². The molecule has 4 rings (SSSR count). The van der Waals surface area contributed by atoms with Crippen molar-refractivity contribution in [3.63, 3.8) is 0 Å². The van der Waals surface area contributed by atoms with Crippen molar-refractivity contribution < 1.29 is 0 Å². The molecule has 0 saturated carbocycles. The fourth-order valence-electron chi connectivity index (χ4n) is 5.73. The largest absolute Gasteiger partial charge is 0.274 e. The minimum atomic E-state index is -0.444. The predicted molar refractivity (Wildman–Crippen MR) is 163 cm³/mol. The zero-order valence-electron chi connectivity index (χ0n) is 24.0. The highest BCUT2D eigenvalue weighted by molar-refractivity contribution is 5.97. The minimum absolute atomic E-state index is 0.118. The Kier molecular flexibility index (Phi) is 11.0. The van der Waals surface area contributed by atoms with Gasteiger partial charge in [0.25, 0.3) is 22.2 Å². The second kappa shape index (κ2) is 14.9. The molecular weight excluding hydrogens is 502 g/mol. The van der Waals surface area contributed by atoms with Crippen molar-refractivity contribution in [2.45, 2.75) is 116 Å². The van der Waals surface area contributed by atoms with Crippen LogP contribution >= 0.6 is 0 Å². The summed E-state index contributed by atoms with van der Waals surface area (Å²) in [6.07, 6.45) is 22.0. The minimum Gasteiger partial charge on any atom is -0.274 e. The van der Waals surface area contributed by atoms with E-state index < -0.39 is 11.1 Å². The monoisotopic (exact) mass is 545 g/mol. The summed E-state index contributed by atoms with van der Waals surface area (Å²) in [4.78, 5) is 56.0. The van der Waals surface area contributed by atoms with Gasteiger partial charge in [-0.25, -0.2) is 0 Å². The van der Waals surface area contributed by atoms with Crippen LogP contribution in [0.15, 0.2) is 55.8 Å². The van der Waals surface area contributed by atoms with Gasteiger partial charge in [0.1, 0.15) is 0 Å². The van der Waals surface area contributed by atoms with E-state index in [1.807, 2.05) is 0 Å². The Balaban J connectivity index is 1.25. The number of hydrogen-bond donors (Lipinski definition) is 0. The lowest BCUT2D eigenvalue weighted by molar-refractivity contribution is 0.519. The average Bonchev–Trinajstić information content (AvgIpc) is 3.34. The first kappa shape index (κ1) is 29.6. The summed E-state index contributed by atoms with van der Waals surface area (Å²) >= 11 is 0. The Labute approximate surface area is 235 Å². The van der Waals surface area contributed by atoms with Crippen molar-refractivity contribution in [2.75, 3.05) is 0 Å². The Bertz CT molecular complexity index is 1500. The molecule has 0 N–H and O–H groups in total. The normalized spacial score (nSPS) is 11.7. The molecule has 0 aliphatic heterocycles. The first-order valence-corrected chi connectivity index (χ1v) is 15.3. The lowest BCUT2D eigenvalue weighted by Gasteiger charge is -2.04. The zero-order valence-corrected chi connectivity index (χ0v) is 24.0. The summed E-state index contributed by atoms with van der Waals surface area (Å²) < 4.78 is 2.42. The SMILES string of the molecule is CCCCCCCCCCCCCCCCCn1c(=O)c2cc3c(=O)n(Cc4ccncc4)c(=O)c3cc2c1=O. The molecule has 0 fully saturated rings. The van der Waals surface area contributed by atoms with Gasteiger partial charge >= 0.3 is 0 Å². The quantitative estimate of drug-likeness (QED) is 0.138. The number of aromatic nitrogens is 3. The van der Waals surface area contributed by atoms with Crippen molar-refractivity contribution in [1.82, 2.24) is 14.1 Å². The van der Waals surface area contributed by atoms with Gasteiger partial charge in [-0.3, -0.25) is 33.3 Å². The molecule has 7 heteroatoms. The van der Waals surface area contributed by atoms with Crippen LogP contribution in [0.3, 0.4) is 0 Å². The topological polar surface area (TPSA) is 91.0 Å². The maximum Gasteiger partial charge on any atom is 0.261 e. The van der Waals surface area contributed by atoms with Crippen LogP contribution in [0, 0.1) is 0 Å². The van der Waals surface area contributed by atoms with E-state index in [2.05, 4.69) is 11.9 Å². The van der Waals surface area contributed by atoms with E-state index in [9.17, 15) is 19.2 Å². The number of rotatable bonds is 18. The molecule has 40 heavy (non-hydrogen) atoms. The number of unbranched alkanes of at least 4 members (excludes halogenated alkanes) is 14. The van der Waals surface area contributed by atoms with Crippen LogP contribution in [0.4, 0.5) is 0 Å². The third-order valence-corrected chi connectivity index (χ3v) is 8.14. The van der Waals surface area contributed by atoms with Crippen molar-refractivity contribution >= 4 is 21.5 Å². The number of benzene rings is 1. The number of nitrogens with zero attached hydrogens (tertiary/aromatic N) is 3. The molecule has 0 saturated heterocycles. The Morgan fingerprint density at radius 2 is 0.900 bits per heavy atom. The van der Waals surface area contributed by atoms with Gasteiger partial charge in [-0.05, 0) is 36.2 Å². The first-order valence-electron chi connectivity index (χ1n) is 15.3. The lowest BCUT2D eigenvalue weighted by atomic mass is 10.0. The first-order chi connectivity index (χ1) is 19.5. The summed E-state index contributed by atoms with van der Waals surface area (Å²) in [7, 11) is 0. The van der Waals surface area contributed by atoms with Gasteiger partial charge in [-0.2, -0.15) is 0 Å². The number of fused-ring (bicyclic) bond motifs is 2. The molecule has 0 aliphatic carbocycles. The van der Waals surface area contributed by atoms with E-state index in [0.717, 1.165) is 29.4 Å². The Morgan fingerprint density at radius 3 is 1.32 bits per heavy atom. The molecule has 4 aromatic rings. The van der Waals surface area contributed by atoms with Crippen molar-refractivity contribution in [2.24, 2.45) is 0 Å².